The van der Waals surface area contributed by atoms with Crippen LogP contribution < -0.4 is 5.32 Å². The Labute approximate surface area is 107 Å². The predicted molar refractivity (Wildman–Crippen MR) is 68.6 cm³/mol. The van der Waals surface area contributed by atoms with E-state index in [1.807, 2.05) is 12.1 Å². The van der Waals surface area contributed by atoms with E-state index in [4.69, 9.17) is 0 Å². The Kier molecular flexibility index (Phi) is 5.84. The third-order valence-corrected chi connectivity index (χ3v) is 2.59. The minimum absolute atomic E-state index is 0.00223. The third-order valence-electron chi connectivity index (χ3n) is 2.59. The van der Waals surface area contributed by atoms with Gasteiger partial charge in [-0.3, -0.25) is 14.6 Å². The molecule has 1 heterocycles. The molecule has 0 unspecified atom stereocenters. The largest absolute Gasteiger partial charge is 0.354 e. The molecule has 18 heavy (non-hydrogen) atoms. The highest BCUT2D eigenvalue weighted by Crippen LogP contribution is 2.02. The molecule has 0 saturated carbocycles. The van der Waals surface area contributed by atoms with Gasteiger partial charge in [0, 0.05) is 45.4 Å². The molecule has 0 atom stereocenters. The van der Waals surface area contributed by atoms with Crippen molar-refractivity contribution in [3.05, 3.63) is 30.1 Å². The van der Waals surface area contributed by atoms with E-state index < -0.39 is 0 Å². The Hall–Kier alpha value is -1.91. The standard InChI is InChI=1S/C13H19N3O2/c1-3-13(18)15-8-9-16(11(2)17)10-12-4-6-14-7-5-12/h4-7H,3,8-10H2,1-2H3,(H,15,18). The minimum atomic E-state index is -0.00226. The number of pyridine rings is 1. The van der Waals surface area contributed by atoms with E-state index in [1.165, 1.54) is 6.92 Å². The van der Waals surface area contributed by atoms with Gasteiger partial charge in [0.15, 0.2) is 0 Å². The molecule has 1 rings (SSSR count). The van der Waals surface area contributed by atoms with Crippen LogP contribution in [0.3, 0.4) is 0 Å². The van der Waals surface area contributed by atoms with Crippen molar-refractivity contribution in [2.24, 2.45) is 0 Å². The van der Waals surface area contributed by atoms with Crippen molar-refractivity contribution in [1.29, 1.82) is 0 Å². The molecule has 5 nitrogen and oxygen atoms in total. The predicted octanol–water partition coefficient (Wildman–Crippen LogP) is 0.956. The van der Waals surface area contributed by atoms with E-state index in [0.29, 0.717) is 26.1 Å². The number of hydrogen-bond donors (Lipinski definition) is 1. The average Bonchev–Trinajstić information content (AvgIpc) is 2.38. The van der Waals surface area contributed by atoms with Crippen LogP contribution in [0.5, 0.6) is 0 Å². The minimum Gasteiger partial charge on any atom is -0.354 e. The molecule has 0 fully saturated rings. The lowest BCUT2D eigenvalue weighted by Crippen LogP contribution is -2.36. The first-order chi connectivity index (χ1) is 8.63. The summed E-state index contributed by atoms with van der Waals surface area (Å²) in [4.78, 5) is 28.2. The lowest BCUT2D eigenvalue weighted by atomic mass is 10.2. The Morgan fingerprint density at radius 1 is 1.33 bits per heavy atom. The van der Waals surface area contributed by atoms with Gasteiger partial charge in [-0.2, -0.15) is 0 Å². The second kappa shape index (κ2) is 7.42. The van der Waals surface area contributed by atoms with Crippen molar-refractivity contribution >= 4 is 11.8 Å². The van der Waals surface area contributed by atoms with Crippen molar-refractivity contribution in [3.8, 4) is 0 Å². The summed E-state index contributed by atoms with van der Waals surface area (Å²) >= 11 is 0. The summed E-state index contributed by atoms with van der Waals surface area (Å²) in [6, 6.07) is 3.75. The maximum absolute atomic E-state index is 11.5. The number of carbonyl (C=O) groups excluding carboxylic acids is 2. The van der Waals surface area contributed by atoms with Gasteiger partial charge in [0.1, 0.15) is 0 Å². The van der Waals surface area contributed by atoms with Crippen molar-refractivity contribution in [1.82, 2.24) is 15.2 Å². The van der Waals surface area contributed by atoms with Gasteiger partial charge in [0.05, 0.1) is 0 Å². The summed E-state index contributed by atoms with van der Waals surface area (Å²) in [6.07, 6.45) is 3.86. The molecule has 0 aromatic carbocycles. The van der Waals surface area contributed by atoms with E-state index >= 15 is 0 Å². The van der Waals surface area contributed by atoms with Crippen LogP contribution in [-0.2, 0) is 16.1 Å². The molecule has 98 valence electrons. The van der Waals surface area contributed by atoms with Crippen LogP contribution in [0.15, 0.2) is 24.5 Å². The van der Waals surface area contributed by atoms with E-state index in [-0.39, 0.29) is 11.8 Å². The van der Waals surface area contributed by atoms with Crippen LogP contribution in [0.1, 0.15) is 25.8 Å². The number of amides is 2. The molecule has 1 aromatic rings. The molecule has 0 radical (unpaired) electrons. The van der Waals surface area contributed by atoms with Crippen LogP contribution in [0.4, 0.5) is 0 Å². The molecule has 0 bridgehead atoms. The maximum Gasteiger partial charge on any atom is 0.219 e. The van der Waals surface area contributed by atoms with Gasteiger partial charge in [-0.25, -0.2) is 0 Å². The lowest BCUT2D eigenvalue weighted by molar-refractivity contribution is -0.130. The fourth-order valence-corrected chi connectivity index (χ4v) is 1.51. The lowest BCUT2D eigenvalue weighted by Gasteiger charge is -2.21. The maximum atomic E-state index is 11.5. The van der Waals surface area contributed by atoms with Crippen molar-refractivity contribution < 1.29 is 9.59 Å². The topological polar surface area (TPSA) is 62.3 Å². The molecule has 5 heteroatoms. The van der Waals surface area contributed by atoms with Gasteiger partial charge >= 0.3 is 0 Å². The second-order valence-electron chi connectivity index (χ2n) is 4.00. The molecular formula is C13H19N3O2. The van der Waals surface area contributed by atoms with Crippen LogP contribution in [0.25, 0.3) is 0 Å². The molecule has 1 N–H and O–H groups in total. The second-order valence-corrected chi connectivity index (χ2v) is 4.00. The summed E-state index contributed by atoms with van der Waals surface area (Å²) in [5.74, 6) is -0.0000251. The van der Waals surface area contributed by atoms with E-state index in [0.717, 1.165) is 5.56 Å². The van der Waals surface area contributed by atoms with Crippen LogP contribution in [0.2, 0.25) is 0 Å². The Morgan fingerprint density at radius 3 is 2.56 bits per heavy atom. The van der Waals surface area contributed by atoms with Gasteiger partial charge in [0.25, 0.3) is 0 Å². The fraction of sp³-hybridized carbons (Fsp3) is 0.462. The van der Waals surface area contributed by atoms with E-state index in [9.17, 15) is 9.59 Å². The number of carbonyl (C=O) groups is 2. The summed E-state index contributed by atoms with van der Waals surface area (Å²) in [7, 11) is 0. The Balaban J connectivity index is 2.46. The summed E-state index contributed by atoms with van der Waals surface area (Å²) in [5.41, 5.74) is 1.03. The molecule has 0 aliphatic rings. The van der Waals surface area contributed by atoms with Gasteiger partial charge in [-0.15, -0.1) is 0 Å². The van der Waals surface area contributed by atoms with Crippen LogP contribution in [0, 0.1) is 0 Å². The van der Waals surface area contributed by atoms with Crippen molar-refractivity contribution in [3.63, 3.8) is 0 Å². The zero-order valence-electron chi connectivity index (χ0n) is 10.8. The number of nitrogens with zero attached hydrogens (tertiary/aromatic N) is 2. The van der Waals surface area contributed by atoms with Gasteiger partial charge in [-0.1, -0.05) is 6.92 Å². The molecule has 2 amide bonds. The highest BCUT2D eigenvalue weighted by Gasteiger charge is 2.09. The number of hydrogen-bond acceptors (Lipinski definition) is 3. The highest BCUT2D eigenvalue weighted by atomic mass is 16.2. The fourth-order valence-electron chi connectivity index (χ4n) is 1.51. The average molecular weight is 249 g/mol. The normalized spacial score (nSPS) is 9.89. The molecule has 0 saturated heterocycles. The molecule has 0 aliphatic heterocycles. The Morgan fingerprint density at radius 2 is 2.00 bits per heavy atom. The molecule has 0 spiro atoms. The van der Waals surface area contributed by atoms with Gasteiger partial charge in [0.2, 0.25) is 11.8 Å². The molecule has 0 aliphatic carbocycles. The van der Waals surface area contributed by atoms with Crippen molar-refractivity contribution in [2.75, 3.05) is 13.1 Å². The number of aromatic nitrogens is 1. The zero-order chi connectivity index (χ0) is 13.4. The summed E-state index contributed by atoms with van der Waals surface area (Å²) in [6.45, 7) is 4.87. The first kappa shape index (κ1) is 14.2. The van der Waals surface area contributed by atoms with Crippen LogP contribution in [-0.4, -0.2) is 34.8 Å². The number of nitrogens with one attached hydrogen (secondary N) is 1. The summed E-state index contributed by atoms with van der Waals surface area (Å²) < 4.78 is 0. The molecular weight excluding hydrogens is 230 g/mol. The highest BCUT2D eigenvalue weighted by molar-refractivity contribution is 5.76. The van der Waals surface area contributed by atoms with Gasteiger partial charge in [-0.05, 0) is 17.7 Å². The first-order valence-corrected chi connectivity index (χ1v) is 6.04. The molecule has 1 aromatic heterocycles. The van der Waals surface area contributed by atoms with Crippen molar-refractivity contribution in [2.45, 2.75) is 26.8 Å². The smallest absolute Gasteiger partial charge is 0.219 e. The van der Waals surface area contributed by atoms with Crippen LogP contribution >= 0.6 is 0 Å². The first-order valence-electron chi connectivity index (χ1n) is 6.04. The zero-order valence-corrected chi connectivity index (χ0v) is 10.8. The Bertz CT molecular complexity index is 392. The number of rotatable bonds is 6. The van der Waals surface area contributed by atoms with E-state index in [1.54, 1.807) is 24.2 Å². The summed E-state index contributed by atoms with van der Waals surface area (Å²) in [5, 5.41) is 2.76. The quantitative estimate of drug-likeness (QED) is 0.816. The third kappa shape index (κ3) is 4.95. The van der Waals surface area contributed by atoms with E-state index in [2.05, 4.69) is 10.3 Å². The van der Waals surface area contributed by atoms with Gasteiger partial charge < -0.3 is 10.2 Å². The SMILES string of the molecule is CCC(=O)NCCN(Cc1ccncc1)C(C)=O. The monoisotopic (exact) mass is 249 g/mol.